The van der Waals surface area contributed by atoms with Gasteiger partial charge in [0.1, 0.15) is 5.82 Å². The van der Waals surface area contributed by atoms with E-state index in [4.69, 9.17) is 9.47 Å². The zero-order valence-corrected chi connectivity index (χ0v) is 17.7. The molecule has 3 aromatic rings. The topological polar surface area (TPSA) is 82.5 Å². The second-order valence-corrected chi connectivity index (χ2v) is 7.46. The molecule has 0 unspecified atom stereocenters. The second-order valence-electron chi connectivity index (χ2n) is 7.46. The standard InChI is InChI=1S/C24H25N3O4/c1-30-20-11-7-16(14-21(20)31-2)8-12-23(28)25-17-9-10-19-18(15-17)24(29)27-13-5-3-4-6-22(27)26-19/h7-12,14-15H,3-6,13H2,1-2H3,(H,25,28)/b12-8+. The molecule has 1 aliphatic heterocycles. The summed E-state index contributed by atoms with van der Waals surface area (Å²) >= 11 is 0. The number of carbonyl (C=O) groups excluding carboxylic acids is 1. The Morgan fingerprint density at radius 1 is 1.06 bits per heavy atom. The lowest BCUT2D eigenvalue weighted by molar-refractivity contribution is -0.111. The first kappa shape index (κ1) is 20.7. The first-order valence-corrected chi connectivity index (χ1v) is 10.3. The highest BCUT2D eigenvalue weighted by Crippen LogP contribution is 2.28. The van der Waals surface area contributed by atoms with E-state index in [1.54, 1.807) is 55.2 Å². The molecule has 0 atom stereocenters. The third kappa shape index (κ3) is 4.45. The molecule has 1 N–H and O–H groups in total. The van der Waals surface area contributed by atoms with Gasteiger partial charge in [0.05, 0.1) is 25.1 Å². The van der Waals surface area contributed by atoms with Crippen LogP contribution in [0.15, 0.2) is 47.3 Å². The van der Waals surface area contributed by atoms with Crippen LogP contribution in [0.3, 0.4) is 0 Å². The zero-order valence-electron chi connectivity index (χ0n) is 17.7. The molecule has 0 radical (unpaired) electrons. The summed E-state index contributed by atoms with van der Waals surface area (Å²) in [5, 5.41) is 3.34. The van der Waals surface area contributed by atoms with Crippen molar-refractivity contribution in [3.8, 4) is 11.5 Å². The fourth-order valence-electron chi connectivity index (χ4n) is 3.81. The molecule has 0 aliphatic carbocycles. The number of aryl methyl sites for hydroxylation is 1. The Morgan fingerprint density at radius 3 is 2.71 bits per heavy atom. The minimum absolute atomic E-state index is 0.0427. The SMILES string of the molecule is COc1ccc(/C=C/C(=O)Nc2ccc3nc4n(c(=O)c3c2)CCCCC4)cc1OC. The Labute approximate surface area is 180 Å². The van der Waals surface area contributed by atoms with Crippen molar-refractivity contribution in [3.63, 3.8) is 0 Å². The van der Waals surface area contributed by atoms with Crippen molar-refractivity contribution in [2.45, 2.75) is 32.2 Å². The lowest BCUT2D eigenvalue weighted by Gasteiger charge is -2.11. The second kappa shape index (κ2) is 9.04. The average Bonchev–Trinajstić information content (AvgIpc) is 3.03. The minimum Gasteiger partial charge on any atom is -0.493 e. The van der Waals surface area contributed by atoms with Crippen molar-refractivity contribution in [2.75, 3.05) is 19.5 Å². The monoisotopic (exact) mass is 419 g/mol. The van der Waals surface area contributed by atoms with E-state index in [9.17, 15) is 9.59 Å². The Balaban J connectivity index is 1.54. The zero-order chi connectivity index (χ0) is 21.8. The van der Waals surface area contributed by atoms with Gasteiger partial charge < -0.3 is 14.8 Å². The maximum Gasteiger partial charge on any atom is 0.261 e. The van der Waals surface area contributed by atoms with E-state index in [2.05, 4.69) is 10.3 Å². The maximum atomic E-state index is 13.0. The Hall–Kier alpha value is -3.61. The molecule has 0 saturated heterocycles. The van der Waals surface area contributed by atoms with E-state index in [1.807, 2.05) is 6.07 Å². The van der Waals surface area contributed by atoms with Crippen LogP contribution in [0.4, 0.5) is 5.69 Å². The molecule has 0 fully saturated rings. The summed E-state index contributed by atoms with van der Waals surface area (Å²) in [6.45, 7) is 0.696. The number of amides is 1. The lowest BCUT2D eigenvalue weighted by atomic mass is 10.2. The van der Waals surface area contributed by atoms with Crippen molar-refractivity contribution in [1.82, 2.24) is 9.55 Å². The maximum absolute atomic E-state index is 13.0. The molecule has 1 aliphatic rings. The Bertz CT molecular complexity index is 1210. The van der Waals surface area contributed by atoms with Crippen LogP contribution in [0, 0.1) is 0 Å². The fraction of sp³-hybridized carbons (Fsp3) is 0.292. The average molecular weight is 419 g/mol. The number of rotatable bonds is 5. The summed E-state index contributed by atoms with van der Waals surface area (Å²) in [7, 11) is 3.14. The number of nitrogens with zero attached hydrogens (tertiary/aromatic N) is 2. The van der Waals surface area contributed by atoms with Gasteiger partial charge in [0, 0.05) is 24.7 Å². The molecular formula is C24H25N3O4. The number of aromatic nitrogens is 2. The summed E-state index contributed by atoms with van der Waals surface area (Å²) in [6.07, 6.45) is 7.09. The highest BCUT2D eigenvalue weighted by atomic mass is 16.5. The van der Waals surface area contributed by atoms with Gasteiger partial charge >= 0.3 is 0 Å². The molecule has 7 nitrogen and oxygen atoms in total. The van der Waals surface area contributed by atoms with Crippen molar-refractivity contribution in [3.05, 3.63) is 64.2 Å². The number of hydrogen-bond acceptors (Lipinski definition) is 5. The van der Waals surface area contributed by atoms with Crippen molar-refractivity contribution < 1.29 is 14.3 Å². The summed E-state index contributed by atoms with van der Waals surface area (Å²) in [5.74, 6) is 1.77. The number of fused-ring (bicyclic) bond motifs is 2. The molecule has 0 saturated carbocycles. The Kier molecular flexibility index (Phi) is 6.02. The molecule has 0 bridgehead atoms. The fourth-order valence-corrected chi connectivity index (χ4v) is 3.81. The molecule has 2 aromatic carbocycles. The van der Waals surface area contributed by atoms with Crippen LogP contribution in [0.1, 0.15) is 30.7 Å². The summed E-state index contributed by atoms with van der Waals surface area (Å²) in [6, 6.07) is 10.7. The number of nitrogens with one attached hydrogen (secondary N) is 1. The number of ether oxygens (including phenoxy) is 2. The van der Waals surface area contributed by atoms with E-state index in [0.717, 1.165) is 37.1 Å². The highest BCUT2D eigenvalue weighted by Gasteiger charge is 2.14. The summed E-state index contributed by atoms with van der Waals surface area (Å²) in [5.41, 5.74) is 1.98. The minimum atomic E-state index is -0.294. The highest BCUT2D eigenvalue weighted by molar-refractivity contribution is 6.02. The van der Waals surface area contributed by atoms with Crippen molar-refractivity contribution >= 4 is 28.6 Å². The first-order chi connectivity index (χ1) is 15.1. The summed E-state index contributed by atoms with van der Waals surface area (Å²) < 4.78 is 12.3. The molecule has 2 heterocycles. The van der Waals surface area contributed by atoms with Crippen LogP contribution in [-0.2, 0) is 17.8 Å². The number of hydrogen-bond donors (Lipinski definition) is 1. The van der Waals surface area contributed by atoms with Crippen LogP contribution in [0.25, 0.3) is 17.0 Å². The molecule has 160 valence electrons. The van der Waals surface area contributed by atoms with E-state index in [-0.39, 0.29) is 11.5 Å². The third-order valence-electron chi connectivity index (χ3n) is 5.42. The van der Waals surface area contributed by atoms with Gasteiger partial charge in [-0.1, -0.05) is 12.5 Å². The molecular weight excluding hydrogens is 394 g/mol. The van der Waals surface area contributed by atoms with E-state index >= 15 is 0 Å². The van der Waals surface area contributed by atoms with Crippen molar-refractivity contribution in [1.29, 1.82) is 0 Å². The van der Waals surface area contributed by atoms with Gasteiger partial charge in [0.25, 0.3) is 5.56 Å². The third-order valence-corrected chi connectivity index (χ3v) is 5.42. The van der Waals surface area contributed by atoms with Crippen LogP contribution >= 0.6 is 0 Å². The number of benzene rings is 2. The molecule has 31 heavy (non-hydrogen) atoms. The van der Waals surface area contributed by atoms with Gasteiger partial charge in [-0.05, 0) is 54.8 Å². The summed E-state index contributed by atoms with van der Waals surface area (Å²) in [4.78, 5) is 30.0. The number of anilines is 1. The molecule has 4 rings (SSSR count). The van der Waals surface area contributed by atoms with Crippen LogP contribution < -0.4 is 20.3 Å². The van der Waals surface area contributed by atoms with E-state index in [0.29, 0.717) is 34.6 Å². The Morgan fingerprint density at radius 2 is 1.90 bits per heavy atom. The van der Waals surface area contributed by atoms with Crippen LogP contribution in [0.5, 0.6) is 11.5 Å². The predicted molar refractivity (Wildman–Crippen MR) is 121 cm³/mol. The molecule has 1 amide bonds. The van der Waals surface area contributed by atoms with Gasteiger partial charge in [-0.3, -0.25) is 14.2 Å². The largest absolute Gasteiger partial charge is 0.493 e. The number of carbonyl (C=O) groups is 1. The van der Waals surface area contributed by atoms with Crippen molar-refractivity contribution in [2.24, 2.45) is 0 Å². The predicted octanol–water partition coefficient (Wildman–Crippen LogP) is 3.79. The quantitative estimate of drug-likeness (QED) is 0.636. The molecule has 7 heteroatoms. The van der Waals surface area contributed by atoms with Gasteiger partial charge in [-0.2, -0.15) is 0 Å². The van der Waals surface area contributed by atoms with Gasteiger partial charge in [-0.25, -0.2) is 4.98 Å². The molecule has 0 spiro atoms. The number of methoxy groups -OCH3 is 2. The lowest BCUT2D eigenvalue weighted by Crippen LogP contribution is -2.24. The first-order valence-electron chi connectivity index (χ1n) is 10.3. The smallest absolute Gasteiger partial charge is 0.261 e. The van der Waals surface area contributed by atoms with E-state index in [1.165, 1.54) is 6.08 Å². The van der Waals surface area contributed by atoms with E-state index < -0.39 is 0 Å². The van der Waals surface area contributed by atoms with Crippen LogP contribution in [0.2, 0.25) is 0 Å². The molecule has 1 aromatic heterocycles. The van der Waals surface area contributed by atoms with Gasteiger partial charge in [0.15, 0.2) is 11.5 Å². The van der Waals surface area contributed by atoms with Gasteiger partial charge in [0.2, 0.25) is 5.91 Å². The normalized spacial score (nSPS) is 13.6. The van der Waals surface area contributed by atoms with Gasteiger partial charge in [-0.15, -0.1) is 0 Å². The van der Waals surface area contributed by atoms with Crippen LogP contribution in [-0.4, -0.2) is 29.7 Å².